The van der Waals surface area contributed by atoms with Crippen molar-refractivity contribution in [3.63, 3.8) is 0 Å². The quantitative estimate of drug-likeness (QED) is 0.383. The van der Waals surface area contributed by atoms with Gasteiger partial charge in [0.05, 0.1) is 12.7 Å². The summed E-state index contributed by atoms with van der Waals surface area (Å²) in [6, 6.07) is 8.32. The van der Waals surface area contributed by atoms with Gasteiger partial charge >= 0.3 is 0 Å². The number of hydrogen-bond donors (Lipinski definition) is 2. The zero-order valence-electron chi connectivity index (χ0n) is 15.5. The van der Waals surface area contributed by atoms with E-state index in [2.05, 4.69) is 41.4 Å². The van der Waals surface area contributed by atoms with Gasteiger partial charge in [-0.05, 0) is 57.5 Å². The molecule has 0 unspecified atom stereocenters. The number of guanidine groups is 1. The number of rotatable bonds is 5. The maximum Gasteiger partial charge on any atom is 0.191 e. The summed E-state index contributed by atoms with van der Waals surface area (Å²) in [7, 11) is 0. The van der Waals surface area contributed by atoms with Crippen LogP contribution in [-0.4, -0.2) is 23.0 Å². The van der Waals surface area contributed by atoms with Crippen LogP contribution in [0.4, 0.5) is 4.39 Å². The molecule has 142 valence electrons. The van der Waals surface area contributed by atoms with E-state index in [1.165, 1.54) is 6.07 Å². The molecule has 2 aromatic rings. The van der Waals surface area contributed by atoms with Crippen LogP contribution in [-0.2, 0) is 6.54 Å². The lowest BCUT2D eigenvalue weighted by Gasteiger charge is -2.23. The average Bonchev–Trinajstić information content (AvgIpc) is 2.55. The van der Waals surface area contributed by atoms with Crippen molar-refractivity contribution in [2.45, 2.75) is 39.8 Å². The Balaban J connectivity index is 0.00000338. The van der Waals surface area contributed by atoms with Crippen LogP contribution in [0.1, 0.15) is 33.3 Å². The lowest BCUT2D eigenvalue weighted by atomic mass is 10.1. The van der Waals surface area contributed by atoms with Crippen LogP contribution >= 0.6 is 24.0 Å². The van der Waals surface area contributed by atoms with E-state index < -0.39 is 5.82 Å². The van der Waals surface area contributed by atoms with E-state index in [9.17, 15) is 4.39 Å². The second-order valence-electron chi connectivity index (χ2n) is 6.63. The van der Waals surface area contributed by atoms with Gasteiger partial charge in [0.2, 0.25) is 0 Å². The fourth-order valence-corrected chi connectivity index (χ4v) is 2.09. The Labute approximate surface area is 171 Å². The normalized spacial score (nSPS) is 11.5. The number of nitrogens with one attached hydrogen (secondary N) is 2. The maximum atomic E-state index is 14.3. The van der Waals surface area contributed by atoms with Crippen LogP contribution < -0.4 is 15.4 Å². The van der Waals surface area contributed by atoms with E-state index >= 15 is 0 Å². The molecular formula is C19H26FIN4O. The molecule has 0 aliphatic rings. The van der Waals surface area contributed by atoms with E-state index in [1.807, 2.05) is 6.92 Å². The summed E-state index contributed by atoms with van der Waals surface area (Å²) in [6.07, 6.45) is 3.18. The molecule has 0 amide bonds. The Kier molecular flexibility index (Phi) is 8.77. The van der Waals surface area contributed by atoms with Gasteiger partial charge in [-0.25, -0.2) is 9.38 Å². The molecule has 2 N–H and O–H groups in total. The largest absolute Gasteiger partial charge is 0.453 e. The Morgan fingerprint density at radius 1 is 1.27 bits per heavy atom. The molecule has 1 aromatic carbocycles. The van der Waals surface area contributed by atoms with Crippen molar-refractivity contribution in [2.75, 3.05) is 6.54 Å². The molecule has 0 atom stereocenters. The van der Waals surface area contributed by atoms with E-state index in [4.69, 9.17) is 4.74 Å². The summed E-state index contributed by atoms with van der Waals surface area (Å²) in [5, 5.41) is 6.48. The molecule has 0 aliphatic carbocycles. The molecule has 1 aromatic heterocycles. The minimum atomic E-state index is -0.426. The summed E-state index contributed by atoms with van der Waals surface area (Å²) < 4.78 is 19.8. The Morgan fingerprint density at radius 2 is 2.04 bits per heavy atom. The highest BCUT2D eigenvalue weighted by molar-refractivity contribution is 14.0. The molecule has 0 aliphatic heterocycles. The maximum absolute atomic E-state index is 14.3. The van der Waals surface area contributed by atoms with E-state index in [0.717, 1.165) is 12.1 Å². The van der Waals surface area contributed by atoms with Gasteiger partial charge in [-0.1, -0.05) is 6.07 Å². The molecule has 26 heavy (non-hydrogen) atoms. The number of halogens is 2. The second kappa shape index (κ2) is 10.3. The number of pyridine rings is 1. The summed E-state index contributed by atoms with van der Waals surface area (Å²) in [5.74, 6) is 0.938. The molecular weight excluding hydrogens is 446 g/mol. The lowest BCUT2D eigenvalue weighted by Crippen LogP contribution is -2.47. The standard InChI is InChI=1S/C19H25FN4O.HI/c1-5-22-18(24-19(2,3)4)23-12-14-8-9-17(16(20)11-14)25-15-7-6-10-21-13-15;/h6-11,13H,5,12H2,1-4H3,(H2,22,23,24);1H. The Bertz CT molecular complexity index is 717. The van der Waals surface area contributed by atoms with E-state index in [1.54, 1.807) is 36.7 Å². The first-order valence-corrected chi connectivity index (χ1v) is 8.30. The van der Waals surface area contributed by atoms with E-state index in [-0.39, 0.29) is 35.3 Å². The first-order valence-electron chi connectivity index (χ1n) is 8.30. The predicted octanol–water partition coefficient (Wildman–Crippen LogP) is 4.48. The van der Waals surface area contributed by atoms with Gasteiger partial charge in [0.15, 0.2) is 17.5 Å². The highest BCUT2D eigenvalue weighted by Crippen LogP contribution is 2.24. The number of benzene rings is 1. The first kappa shape index (κ1) is 22.1. The SMILES string of the molecule is CCNC(=NCc1ccc(Oc2cccnc2)c(F)c1)NC(C)(C)C.I. The van der Waals surface area contributed by atoms with Gasteiger partial charge in [0.1, 0.15) is 5.75 Å². The van der Waals surface area contributed by atoms with Crippen molar-refractivity contribution in [2.24, 2.45) is 4.99 Å². The third-order valence-electron chi connectivity index (χ3n) is 3.12. The fraction of sp³-hybridized carbons (Fsp3) is 0.368. The molecule has 1 heterocycles. The van der Waals surface area contributed by atoms with E-state index in [0.29, 0.717) is 18.3 Å². The van der Waals surface area contributed by atoms with Crippen molar-refractivity contribution in [3.05, 3.63) is 54.1 Å². The van der Waals surface area contributed by atoms with Crippen molar-refractivity contribution in [1.82, 2.24) is 15.6 Å². The molecule has 5 nitrogen and oxygen atoms in total. The molecule has 0 bridgehead atoms. The number of ether oxygens (including phenoxy) is 1. The molecule has 0 radical (unpaired) electrons. The van der Waals surface area contributed by atoms with Crippen LogP contribution in [0.5, 0.6) is 11.5 Å². The Morgan fingerprint density at radius 3 is 2.62 bits per heavy atom. The number of aromatic nitrogens is 1. The van der Waals surface area contributed by atoms with Crippen molar-refractivity contribution >= 4 is 29.9 Å². The van der Waals surface area contributed by atoms with Crippen LogP contribution in [0, 0.1) is 5.82 Å². The summed E-state index contributed by atoms with van der Waals surface area (Å²) >= 11 is 0. The zero-order chi connectivity index (χ0) is 18.3. The fourth-order valence-electron chi connectivity index (χ4n) is 2.09. The van der Waals surface area contributed by atoms with Gasteiger partial charge in [0.25, 0.3) is 0 Å². The third kappa shape index (κ3) is 7.55. The molecule has 0 fully saturated rings. The smallest absolute Gasteiger partial charge is 0.191 e. The van der Waals surface area contributed by atoms with Crippen molar-refractivity contribution < 1.29 is 9.13 Å². The van der Waals surface area contributed by atoms with Gasteiger partial charge < -0.3 is 15.4 Å². The van der Waals surface area contributed by atoms with Gasteiger partial charge in [-0.2, -0.15) is 0 Å². The molecule has 0 saturated carbocycles. The van der Waals surface area contributed by atoms with Crippen LogP contribution in [0.25, 0.3) is 0 Å². The molecule has 2 rings (SSSR count). The third-order valence-corrected chi connectivity index (χ3v) is 3.12. The predicted molar refractivity (Wildman–Crippen MR) is 114 cm³/mol. The summed E-state index contributed by atoms with van der Waals surface area (Å²) in [6.45, 7) is 9.31. The number of hydrogen-bond acceptors (Lipinski definition) is 3. The van der Waals surface area contributed by atoms with Crippen LogP contribution in [0.3, 0.4) is 0 Å². The number of nitrogens with zero attached hydrogens (tertiary/aromatic N) is 2. The lowest BCUT2D eigenvalue weighted by molar-refractivity contribution is 0.440. The average molecular weight is 472 g/mol. The van der Waals surface area contributed by atoms with Crippen molar-refractivity contribution in [1.29, 1.82) is 0 Å². The van der Waals surface area contributed by atoms with Gasteiger partial charge in [-0.3, -0.25) is 4.98 Å². The van der Waals surface area contributed by atoms with Gasteiger partial charge in [0, 0.05) is 18.3 Å². The first-order chi connectivity index (χ1) is 11.9. The minimum absolute atomic E-state index is 0. The zero-order valence-corrected chi connectivity index (χ0v) is 17.9. The highest BCUT2D eigenvalue weighted by atomic mass is 127. The molecule has 7 heteroatoms. The molecule has 0 spiro atoms. The molecule has 0 saturated heterocycles. The van der Waals surface area contributed by atoms with Crippen LogP contribution in [0.2, 0.25) is 0 Å². The van der Waals surface area contributed by atoms with Crippen molar-refractivity contribution in [3.8, 4) is 11.5 Å². The summed E-state index contributed by atoms with van der Waals surface area (Å²) in [4.78, 5) is 8.45. The van der Waals surface area contributed by atoms with Gasteiger partial charge in [-0.15, -0.1) is 24.0 Å². The monoisotopic (exact) mass is 472 g/mol. The summed E-state index contributed by atoms with van der Waals surface area (Å²) in [5.41, 5.74) is 0.662. The highest BCUT2D eigenvalue weighted by Gasteiger charge is 2.12. The Hall–Kier alpha value is -1.90. The topological polar surface area (TPSA) is 58.5 Å². The van der Waals surface area contributed by atoms with Crippen LogP contribution in [0.15, 0.2) is 47.7 Å². The number of aliphatic imine (C=N–C) groups is 1. The minimum Gasteiger partial charge on any atom is -0.453 e. The second-order valence-corrected chi connectivity index (χ2v) is 6.63.